The number of fused-ring (bicyclic) bond motifs is 1. The molecular weight excluding hydrogens is 282 g/mol. The van der Waals surface area contributed by atoms with Crippen molar-refractivity contribution in [2.45, 2.75) is 26.7 Å². The molecule has 0 saturated carbocycles. The summed E-state index contributed by atoms with van der Waals surface area (Å²) in [5, 5.41) is 3.32. The minimum atomic E-state index is 0.253. The number of allylic oxidation sites excluding steroid dienone is 1. The highest BCUT2D eigenvalue weighted by Crippen LogP contribution is 2.32. The highest BCUT2D eigenvalue weighted by molar-refractivity contribution is 6.02. The van der Waals surface area contributed by atoms with Crippen LogP contribution in [0.1, 0.15) is 48.2 Å². The standard InChI is InChI=1S/C21H23NO/c1-3-22-17-11-9-16(10-12-17)18-13-8-15(2)14-21(23)20-7-5-4-6-19(18)20/h4-7,9-13,15,22H,3,8,14H2,1-2H3. The van der Waals surface area contributed by atoms with Gasteiger partial charge in [-0.15, -0.1) is 0 Å². The van der Waals surface area contributed by atoms with Gasteiger partial charge in [0, 0.05) is 24.2 Å². The molecule has 0 amide bonds. The number of carbonyl (C=O) groups excluding carboxylic acids is 1. The number of carbonyl (C=O) groups is 1. The normalized spacial score (nSPS) is 17.7. The number of benzene rings is 2. The summed E-state index contributed by atoms with van der Waals surface area (Å²) in [6, 6.07) is 16.5. The number of ketones is 1. The first-order valence-electron chi connectivity index (χ1n) is 8.36. The van der Waals surface area contributed by atoms with Crippen LogP contribution in [-0.2, 0) is 0 Å². The fourth-order valence-corrected chi connectivity index (χ4v) is 3.15. The Morgan fingerprint density at radius 2 is 1.74 bits per heavy atom. The van der Waals surface area contributed by atoms with Gasteiger partial charge in [-0.3, -0.25) is 4.79 Å². The predicted molar refractivity (Wildman–Crippen MR) is 96.9 cm³/mol. The molecule has 2 aromatic carbocycles. The molecule has 1 N–H and O–H groups in total. The summed E-state index contributed by atoms with van der Waals surface area (Å²) in [4.78, 5) is 12.5. The third kappa shape index (κ3) is 3.37. The molecule has 1 unspecified atom stereocenters. The largest absolute Gasteiger partial charge is 0.385 e. The van der Waals surface area contributed by atoms with E-state index < -0.39 is 0 Å². The van der Waals surface area contributed by atoms with Crippen LogP contribution in [-0.4, -0.2) is 12.3 Å². The van der Waals surface area contributed by atoms with Gasteiger partial charge in [0.15, 0.2) is 5.78 Å². The molecular formula is C21H23NO. The monoisotopic (exact) mass is 305 g/mol. The van der Waals surface area contributed by atoms with Crippen LogP contribution < -0.4 is 5.32 Å². The molecule has 2 heteroatoms. The second kappa shape index (κ2) is 6.82. The average Bonchev–Trinajstić information content (AvgIpc) is 2.56. The first-order valence-corrected chi connectivity index (χ1v) is 8.36. The van der Waals surface area contributed by atoms with Crippen LogP contribution in [0.15, 0.2) is 54.6 Å². The molecule has 0 radical (unpaired) electrons. The predicted octanol–water partition coefficient (Wildman–Crippen LogP) is 5.16. The Kier molecular flexibility index (Phi) is 4.61. The Labute approximate surface area is 138 Å². The van der Waals surface area contributed by atoms with Crippen molar-refractivity contribution >= 4 is 17.0 Å². The van der Waals surface area contributed by atoms with E-state index >= 15 is 0 Å². The number of hydrogen-bond donors (Lipinski definition) is 1. The van der Waals surface area contributed by atoms with E-state index in [4.69, 9.17) is 0 Å². The van der Waals surface area contributed by atoms with E-state index in [0.29, 0.717) is 12.3 Å². The Bertz CT molecular complexity index is 728. The highest BCUT2D eigenvalue weighted by Gasteiger charge is 2.20. The van der Waals surface area contributed by atoms with Crippen LogP contribution in [0.2, 0.25) is 0 Å². The van der Waals surface area contributed by atoms with Crippen molar-refractivity contribution in [3.05, 3.63) is 71.3 Å². The van der Waals surface area contributed by atoms with Crippen LogP contribution in [0.25, 0.3) is 5.57 Å². The smallest absolute Gasteiger partial charge is 0.163 e. The average molecular weight is 305 g/mol. The van der Waals surface area contributed by atoms with E-state index in [-0.39, 0.29) is 5.78 Å². The molecule has 1 atom stereocenters. The first kappa shape index (κ1) is 15.5. The summed E-state index contributed by atoms with van der Waals surface area (Å²) in [7, 11) is 0. The molecule has 118 valence electrons. The van der Waals surface area contributed by atoms with Crippen molar-refractivity contribution in [3.8, 4) is 0 Å². The maximum absolute atomic E-state index is 12.5. The molecule has 0 fully saturated rings. The van der Waals surface area contributed by atoms with Crippen LogP contribution >= 0.6 is 0 Å². The molecule has 2 nitrogen and oxygen atoms in total. The Hall–Kier alpha value is -2.35. The summed E-state index contributed by atoms with van der Waals surface area (Å²) < 4.78 is 0. The third-order valence-electron chi connectivity index (χ3n) is 4.35. The van der Waals surface area contributed by atoms with Crippen LogP contribution in [0, 0.1) is 5.92 Å². The molecule has 0 spiro atoms. The minimum absolute atomic E-state index is 0.253. The van der Waals surface area contributed by atoms with Crippen molar-refractivity contribution in [1.82, 2.24) is 0 Å². The fraction of sp³-hybridized carbons (Fsp3) is 0.286. The maximum atomic E-state index is 12.5. The van der Waals surface area contributed by atoms with E-state index in [1.807, 2.05) is 18.2 Å². The minimum Gasteiger partial charge on any atom is -0.385 e. The van der Waals surface area contributed by atoms with Gasteiger partial charge >= 0.3 is 0 Å². The van der Waals surface area contributed by atoms with Crippen LogP contribution in [0.4, 0.5) is 5.69 Å². The van der Waals surface area contributed by atoms with Gasteiger partial charge in [-0.05, 0) is 48.1 Å². The number of nitrogens with one attached hydrogen (secondary N) is 1. The lowest BCUT2D eigenvalue weighted by molar-refractivity contribution is 0.0964. The van der Waals surface area contributed by atoms with Crippen molar-refractivity contribution in [1.29, 1.82) is 0 Å². The third-order valence-corrected chi connectivity index (χ3v) is 4.35. The van der Waals surface area contributed by atoms with Gasteiger partial charge in [-0.2, -0.15) is 0 Å². The molecule has 0 heterocycles. The van der Waals surface area contributed by atoms with Crippen molar-refractivity contribution in [3.63, 3.8) is 0 Å². The Morgan fingerprint density at radius 1 is 1.04 bits per heavy atom. The van der Waals surface area contributed by atoms with Gasteiger partial charge in [-0.1, -0.05) is 49.4 Å². The van der Waals surface area contributed by atoms with Gasteiger partial charge in [0.2, 0.25) is 0 Å². The summed E-state index contributed by atoms with van der Waals surface area (Å²) in [5.74, 6) is 0.634. The zero-order chi connectivity index (χ0) is 16.2. The molecule has 0 aliphatic heterocycles. The number of hydrogen-bond acceptors (Lipinski definition) is 2. The van der Waals surface area contributed by atoms with Gasteiger partial charge in [0.05, 0.1) is 0 Å². The van der Waals surface area contributed by atoms with Gasteiger partial charge in [-0.25, -0.2) is 0 Å². The van der Waals surface area contributed by atoms with Crippen LogP contribution in [0.3, 0.4) is 0 Å². The Morgan fingerprint density at radius 3 is 2.43 bits per heavy atom. The highest BCUT2D eigenvalue weighted by atomic mass is 16.1. The van der Waals surface area contributed by atoms with E-state index in [1.54, 1.807) is 0 Å². The first-order chi connectivity index (χ1) is 11.2. The molecule has 2 aromatic rings. The molecule has 3 rings (SSSR count). The lowest BCUT2D eigenvalue weighted by atomic mass is 9.85. The van der Waals surface area contributed by atoms with E-state index in [9.17, 15) is 4.79 Å². The number of rotatable bonds is 3. The van der Waals surface area contributed by atoms with E-state index in [2.05, 4.69) is 55.6 Å². The molecule has 23 heavy (non-hydrogen) atoms. The van der Waals surface area contributed by atoms with E-state index in [1.165, 1.54) is 11.1 Å². The summed E-state index contributed by atoms with van der Waals surface area (Å²) in [5.41, 5.74) is 5.37. The molecule has 1 aliphatic carbocycles. The van der Waals surface area contributed by atoms with Crippen molar-refractivity contribution in [2.24, 2.45) is 5.92 Å². The summed E-state index contributed by atoms with van der Waals surface area (Å²) >= 11 is 0. The lowest BCUT2D eigenvalue weighted by Gasteiger charge is -2.19. The molecule has 0 aromatic heterocycles. The lowest BCUT2D eigenvalue weighted by Crippen LogP contribution is -2.11. The van der Waals surface area contributed by atoms with Crippen molar-refractivity contribution in [2.75, 3.05) is 11.9 Å². The molecule has 0 bridgehead atoms. The summed E-state index contributed by atoms with van der Waals surface area (Å²) in [6.45, 7) is 5.15. The molecule has 0 saturated heterocycles. The summed E-state index contributed by atoms with van der Waals surface area (Å²) in [6.07, 6.45) is 3.85. The van der Waals surface area contributed by atoms with E-state index in [0.717, 1.165) is 29.8 Å². The topological polar surface area (TPSA) is 29.1 Å². The fourth-order valence-electron chi connectivity index (χ4n) is 3.15. The zero-order valence-corrected chi connectivity index (χ0v) is 13.8. The maximum Gasteiger partial charge on any atom is 0.163 e. The second-order valence-electron chi connectivity index (χ2n) is 6.24. The zero-order valence-electron chi connectivity index (χ0n) is 13.8. The van der Waals surface area contributed by atoms with Gasteiger partial charge in [0.25, 0.3) is 0 Å². The van der Waals surface area contributed by atoms with Gasteiger partial charge < -0.3 is 5.32 Å². The SMILES string of the molecule is CCNc1ccc(C2=CCC(C)CC(=O)c3ccccc32)cc1. The molecule has 1 aliphatic rings. The van der Waals surface area contributed by atoms with Gasteiger partial charge in [0.1, 0.15) is 0 Å². The van der Waals surface area contributed by atoms with Crippen molar-refractivity contribution < 1.29 is 4.79 Å². The quantitative estimate of drug-likeness (QED) is 0.848. The second-order valence-corrected chi connectivity index (χ2v) is 6.24. The number of Topliss-reactive ketones (excluding diaryl/α,β-unsaturated/α-hetero) is 1. The Balaban J connectivity index is 2.06. The van der Waals surface area contributed by atoms with Crippen LogP contribution in [0.5, 0.6) is 0 Å². The number of anilines is 1.